The van der Waals surface area contributed by atoms with Crippen molar-refractivity contribution in [1.82, 2.24) is 4.57 Å². The van der Waals surface area contributed by atoms with Crippen LogP contribution in [0.4, 0.5) is 28.4 Å². The molecule has 2 atom stereocenters. The summed E-state index contributed by atoms with van der Waals surface area (Å²) in [5, 5.41) is 2.49. The molecule has 4 nitrogen and oxygen atoms in total. The highest BCUT2D eigenvalue weighted by Gasteiger charge is 2.45. The van der Waals surface area contributed by atoms with Crippen LogP contribution in [0.1, 0.15) is 82.4 Å². The molecule has 1 aliphatic carbocycles. The summed E-state index contributed by atoms with van der Waals surface area (Å²) in [4.78, 5) is 5.30. The minimum atomic E-state index is -0.178. The second-order valence-electron chi connectivity index (χ2n) is 25.7. The second-order valence-corrected chi connectivity index (χ2v) is 25.7. The van der Waals surface area contributed by atoms with E-state index in [2.05, 4.69) is 309 Å². The van der Waals surface area contributed by atoms with Crippen LogP contribution in [-0.2, 0) is 11.8 Å². The number of fused-ring (bicyclic) bond motifs is 10. The quantitative estimate of drug-likeness (QED) is 0.0848. The van der Waals surface area contributed by atoms with Crippen molar-refractivity contribution in [2.75, 3.05) is 9.80 Å². The number of anilines is 5. The highest BCUT2D eigenvalue weighted by molar-refractivity contribution is 6.99. The number of benzene rings is 11. The van der Waals surface area contributed by atoms with E-state index in [4.69, 9.17) is 4.74 Å². The second kappa shape index (κ2) is 21.8. The largest absolute Gasteiger partial charge is 0.458 e. The summed E-state index contributed by atoms with van der Waals surface area (Å²) in [6.45, 7) is 9.25. The van der Waals surface area contributed by atoms with E-state index in [1.807, 2.05) is 0 Å². The van der Waals surface area contributed by atoms with Gasteiger partial charge in [0.05, 0.1) is 22.8 Å². The fraction of sp³-hybridized carbons (Fsp3) is 0.157. The van der Waals surface area contributed by atoms with Gasteiger partial charge in [0.15, 0.2) is 0 Å². The van der Waals surface area contributed by atoms with Crippen molar-refractivity contribution in [2.45, 2.75) is 83.6 Å². The lowest BCUT2D eigenvalue weighted by atomic mass is 9.34. The summed E-state index contributed by atoms with van der Waals surface area (Å²) >= 11 is 0. The van der Waals surface area contributed by atoms with Gasteiger partial charge in [0.2, 0.25) is 0 Å². The number of para-hydroxylation sites is 3. The molecule has 12 aromatic rings. The fourth-order valence-electron chi connectivity index (χ4n) is 14.9. The van der Waals surface area contributed by atoms with Crippen LogP contribution in [0.25, 0.3) is 72.0 Å². The molecule has 0 N–H and O–H groups in total. The summed E-state index contributed by atoms with van der Waals surface area (Å²) < 4.78 is 10.0. The molecular weight excluding hydrogens is 1070 g/mol. The first kappa shape index (κ1) is 53.6. The summed E-state index contributed by atoms with van der Waals surface area (Å²) in [5.41, 5.74) is 26.2. The maximum Gasteiger partial charge on any atom is 0.256 e. The number of rotatable bonds is 13. The minimum Gasteiger partial charge on any atom is -0.458 e. The van der Waals surface area contributed by atoms with Crippen molar-refractivity contribution in [3.05, 3.63) is 284 Å². The van der Waals surface area contributed by atoms with Gasteiger partial charge in [-0.2, -0.15) is 0 Å². The van der Waals surface area contributed by atoms with Crippen LogP contribution in [0.2, 0.25) is 0 Å². The SMILES string of the molecule is CCCCCCCc1cc2c3c(c1)N(c1c(-c4ccc(-c5ccccc5)cc4)cc(C(C)(C)C)cc1-c1ccc(-c4ccccc4)cc1)c1cc(N4c5ccccc5C5C=CC=CC54)ccc1B3c1ccc(-n3c4ccccc4c4ccccc43)cc1O2. The van der Waals surface area contributed by atoms with Crippen molar-refractivity contribution in [3.63, 3.8) is 0 Å². The van der Waals surface area contributed by atoms with Gasteiger partial charge in [-0.15, -0.1) is 0 Å². The summed E-state index contributed by atoms with van der Waals surface area (Å²) in [6, 6.07) is 91.5. The zero-order valence-corrected chi connectivity index (χ0v) is 50.6. The molecule has 4 heterocycles. The number of allylic oxidation sites excluding steroid dienone is 2. The highest BCUT2D eigenvalue weighted by Crippen LogP contribution is 2.54. The fourth-order valence-corrected chi connectivity index (χ4v) is 14.9. The van der Waals surface area contributed by atoms with Crippen molar-refractivity contribution in [1.29, 1.82) is 0 Å². The Bertz CT molecular complexity index is 4560. The molecule has 5 heteroatoms. The summed E-state index contributed by atoms with van der Waals surface area (Å²) in [6.07, 6.45) is 16.2. The predicted molar refractivity (Wildman–Crippen MR) is 373 cm³/mol. The first-order chi connectivity index (χ1) is 43.3. The lowest BCUT2D eigenvalue weighted by Crippen LogP contribution is -2.59. The Hall–Kier alpha value is -9.84. The number of unbranched alkanes of at least 4 members (excludes halogenated alkanes) is 4. The molecule has 4 aliphatic rings. The number of aromatic nitrogens is 1. The van der Waals surface area contributed by atoms with E-state index < -0.39 is 0 Å². The monoisotopic (exact) mass is 1140 g/mol. The van der Waals surface area contributed by atoms with Crippen LogP contribution >= 0.6 is 0 Å². The number of hydrogen-bond acceptors (Lipinski definition) is 3. The van der Waals surface area contributed by atoms with Crippen molar-refractivity contribution in [3.8, 4) is 61.7 Å². The Kier molecular flexibility index (Phi) is 13.3. The lowest BCUT2D eigenvalue weighted by molar-refractivity contribution is 0.486. The average Bonchev–Trinajstić information content (AvgIpc) is 1.18. The maximum absolute atomic E-state index is 7.62. The molecule has 11 aromatic carbocycles. The number of ether oxygens (including phenoxy) is 1. The molecule has 0 bridgehead atoms. The smallest absolute Gasteiger partial charge is 0.256 e. The van der Waals surface area contributed by atoms with Gasteiger partial charge in [-0.05, 0) is 145 Å². The van der Waals surface area contributed by atoms with Gasteiger partial charge in [0, 0.05) is 62.3 Å². The zero-order valence-electron chi connectivity index (χ0n) is 50.6. The van der Waals surface area contributed by atoms with E-state index in [0.29, 0.717) is 0 Å². The molecule has 0 saturated heterocycles. The van der Waals surface area contributed by atoms with E-state index in [1.54, 1.807) is 0 Å². The topological polar surface area (TPSA) is 20.6 Å². The predicted octanol–water partition coefficient (Wildman–Crippen LogP) is 20.4. The van der Waals surface area contributed by atoms with Gasteiger partial charge in [0.25, 0.3) is 6.71 Å². The van der Waals surface area contributed by atoms with Crippen LogP contribution in [0.15, 0.2) is 267 Å². The number of nitrogens with zero attached hydrogens (tertiary/aromatic N) is 3. The van der Waals surface area contributed by atoms with Crippen LogP contribution in [0, 0.1) is 0 Å². The Morgan fingerprint density at radius 2 is 1.02 bits per heavy atom. The van der Waals surface area contributed by atoms with Crippen LogP contribution in [0.5, 0.6) is 11.5 Å². The molecule has 0 saturated carbocycles. The van der Waals surface area contributed by atoms with E-state index >= 15 is 0 Å². The first-order valence-electron chi connectivity index (χ1n) is 31.9. The van der Waals surface area contributed by atoms with Crippen molar-refractivity contribution >= 4 is 73.3 Å². The van der Waals surface area contributed by atoms with E-state index in [1.165, 1.54) is 148 Å². The third-order valence-electron chi connectivity index (χ3n) is 19.3. The first-order valence-corrected chi connectivity index (χ1v) is 31.9. The molecule has 16 rings (SSSR count). The van der Waals surface area contributed by atoms with Gasteiger partial charge in [-0.3, -0.25) is 0 Å². The molecule has 426 valence electrons. The molecule has 0 fully saturated rings. The zero-order chi connectivity index (χ0) is 59.0. The average molecular weight is 1140 g/mol. The van der Waals surface area contributed by atoms with Gasteiger partial charge in [-0.25, -0.2) is 0 Å². The van der Waals surface area contributed by atoms with E-state index in [0.717, 1.165) is 35.7 Å². The number of aryl methyl sites for hydroxylation is 1. The number of hydrogen-bond donors (Lipinski definition) is 0. The molecule has 1 aromatic heterocycles. The normalized spacial score (nSPS) is 15.2. The Morgan fingerprint density at radius 3 is 1.68 bits per heavy atom. The van der Waals surface area contributed by atoms with Crippen molar-refractivity contribution in [2.24, 2.45) is 0 Å². The molecule has 0 amide bonds. The van der Waals surface area contributed by atoms with Gasteiger partial charge in [0.1, 0.15) is 11.5 Å². The summed E-state index contributed by atoms with van der Waals surface area (Å²) in [5.74, 6) is 2.07. The standard InChI is InChI=1S/C83H70BN3O/c1-5-6-7-8-11-24-55-49-78-81-80(50-55)88-79-54-64(86-75-35-22-18-31-67(75)68-32-19-23-36-76(68)86)46-48-72(79)84(81)71-47-45-63(85-73-33-20-16-29-65(73)66-30-17-21-34-74(66)85)53-77(71)87(78)82-69(60-41-37-58(38-42-60)56-25-12-9-13-26-56)51-62(83(2,3)4)52-70(82)61-43-39-59(40-44-61)57-27-14-10-15-28-57/h9-10,12-23,25-54,65,73H,5-8,11,24H2,1-4H3. The minimum absolute atomic E-state index is 0.127. The van der Waals surface area contributed by atoms with Crippen molar-refractivity contribution < 1.29 is 4.74 Å². The molecule has 0 spiro atoms. The van der Waals surface area contributed by atoms with E-state index in [9.17, 15) is 0 Å². The maximum atomic E-state index is 7.62. The van der Waals surface area contributed by atoms with Gasteiger partial charge in [-0.1, -0.05) is 254 Å². The molecule has 3 aliphatic heterocycles. The van der Waals surface area contributed by atoms with Crippen LogP contribution < -0.4 is 30.9 Å². The highest BCUT2D eigenvalue weighted by atomic mass is 16.5. The Labute approximate surface area is 518 Å². The molecular formula is C83H70BN3O. The summed E-state index contributed by atoms with van der Waals surface area (Å²) in [7, 11) is 0. The molecule has 88 heavy (non-hydrogen) atoms. The third-order valence-corrected chi connectivity index (χ3v) is 19.3. The van der Waals surface area contributed by atoms with Gasteiger partial charge >= 0.3 is 0 Å². The van der Waals surface area contributed by atoms with Gasteiger partial charge < -0.3 is 19.1 Å². The van der Waals surface area contributed by atoms with Crippen LogP contribution in [-0.4, -0.2) is 17.3 Å². The molecule has 0 radical (unpaired) electrons. The molecule has 2 unspecified atom stereocenters. The Balaban J connectivity index is 0.978. The van der Waals surface area contributed by atoms with Crippen LogP contribution in [0.3, 0.4) is 0 Å². The van der Waals surface area contributed by atoms with E-state index in [-0.39, 0.29) is 24.1 Å². The Morgan fingerprint density at radius 1 is 0.455 bits per heavy atom. The lowest BCUT2D eigenvalue weighted by Gasteiger charge is -2.43. The third kappa shape index (κ3) is 9.12.